The van der Waals surface area contributed by atoms with Gasteiger partial charge in [-0.15, -0.1) is 0 Å². The van der Waals surface area contributed by atoms with Gasteiger partial charge in [0.15, 0.2) is 5.13 Å². The number of aromatic nitrogens is 1. The Morgan fingerprint density at radius 2 is 1.88 bits per heavy atom. The van der Waals surface area contributed by atoms with Gasteiger partial charge >= 0.3 is 5.97 Å². The molecule has 7 nitrogen and oxygen atoms in total. The van der Waals surface area contributed by atoms with E-state index in [-0.39, 0.29) is 5.91 Å². The number of esters is 1. The third-order valence-corrected chi connectivity index (χ3v) is 4.43. The molecule has 0 radical (unpaired) electrons. The van der Waals surface area contributed by atoms with Crippen LogP contribution in [0.25, 0.3) is 0 Å². The highest BCUT2D eigenvalue weighted by molar-refractivity contribution is 7.17. The zero-order chi connectivity index (χ0) is 18.9. The molecule has 1 aromatic heterocycles. The molecule has 0 spiro atoms. The van der Waals surface area contributed by atoms with E-state index in [0.29, 0.717) is 41.8 Å². The van der Waals surface area contributed by atoms with E-state index in [1.165, 1.54) is 0 Å². The standard InChI is InChI=1S/C18H22N2O5S/c1-4-24-17(22)16-12(2)19-18(26-16)20-15(21)6-5-11-25-14-9-7-13(23-3)8-10-14/h7-10H,4-6,11H2,1-3H3,(H,19,20,21). The minimum atomic E-state index is -0.420. The molecule has 0 saturated heterocycles. The van der Waals surface area contributed by atoms with Gasteiger partial charge in [0.25, 0.3) is 0 Å². The monoisotopic (exact) mass is 378 g/mol. The summed E-state index contributed by atoms with van der Waals surface area (Å²) in [5.41, 5.74) is 0.548. The van der Waals surface area contributed by atoms with E-state index < -0.39 is 5.97 Å². The van der Waals surface area contributed by atoms with Gasteiger partial charge in [-0.05, 0) is 44.5 Å². The molecule has 0 saturated carbocycles. The van der Waals surface area contributed by atoms with Crippen LogP contribution in [0.1, 0.15) is 35.1 Å². The lowest BCUT2D eigenvalue weighted by Crippen LogP contribution is -2.12. The molecular weight excluding hydrogens is 356 g/mol. The van der Waals surface area contributed by atoms with E-state index in [4.69, 9.17) is 14.2 Å². The van der Waals surface area contributed by atoms with Crippen LogP contribution in [0.15, 0.2) is 24.3 Å². The second-order valence-corrected chi connectivity index (χ2v) is 6.33. The smallest absolute Gasteiger partial charge is 0.350 e. The van der Waals surface area contributed by atoms with E-state index in [1.54, 1.807) is 21.0 Å². The first kappa shape index (κ1) is 19.7. The van der Waals surface area contributed by atoms with Gasteiger partial charge in [-0.3, -0.25) is 4.79 Å². The summed E-state index contributed by atoms with van der Waals surface area (Å²) in [5, 5.41) is 3.10. The quantitative estimate of drug-likeness (QED) is 0.531. The number of benzene rings is 1. The third-order valence-electron chi connectivity index (χ3n) is 3.38. The molecule has 26 heavy (non-hydrogen) atoms. The average molecular weight is 378 g/mol. The highest BCUT2D eigenvalue weighted by atomic mass is 32.1. The molecule has 1 aromatic carbocycles. The Kier molecular flexibility index (Phi) is 7.40. The normalized spacial score (nSPS) is 10.3. The minimum Gasteiger partial charge on any atom is -0.497 e. The zero-order valence-electron chi connectivity index (χ0n) is 15.0. The van der Waals surface area contributed by atoms with Crippen molar-refractivity contribution in [2.24, 2.45) is 0 Å². The molecule has 0 fully saturated rings. The fourth-order valence-corrected chi connectivity index (χ4v) is 2.99. The van der Waals surface area contributed by atoms with Crippen LogP contribution in [0.4, 0.5) is 5.13 Å². The van der Waals surface area contributed by atoms with Crippen molar-refractivity contribution in [2.75, 3.05) is 25.6 Å². The summed E-state index contributed by atoms with van der Waals surface area (Å²) in [6.07, 6.45) is 0.858. The number of anilines is 1. The van der Waals surface area contributed by atoms with E-state index >= 15 is 0 Å². The Bertz CT molecular complexity index is 743. The zero-order valence-corrected chi connectivity index (χ0v) is 15.9. The number of methoxy groups -OCH3 is 1. The van der Waals surface area contributed by atoms with Gasteiger partial charge in [0.05, 0.1) is 26.0 Å². The van der Waals surface area contributed by atoms with Crippen LogP contribution in [-0.4, -0.2) is 37.2 Å². The van der Waals surface area contributed by atoms with Crippen molar-refractivity contribution in [1.29, 1.82) is 0 Å². The van der Waals surface area contributed by atoms with Crippen molar-refractivity contribution < 1.29 is 23.8 Å². The van der Waals surface area contributed by atoms with Gasteiger partial charge in [-0.2, -0.15) is 0 Å². The minimum absolute atomic E-state index is 0.174. The maximum Gasteiger partial charge on any atom is 0.350 e. The molecular formula is C18H22N2O5S. The summed E-state index contributed by atoms with van der Waals surface area (Å²) in [4.78, 5) is 28.3. The van der Waals surface area contributed by atoms with Crippen LogP contribution < -0.4 is 14.8 Å². The lowest BCUT2D eigenvalue weighted by molar-refractivity contribution is -0.116. The highest BCUT2D eigenvalue weighted by Gasteiger charge is 2.17. The summed E-state index contributed by atoms with van der Waals surface area (Å²) in [5.74, 6) is 0.891. The Morgan fingerprint density at radius 1 is 1.19 bits per heavy atom. The first-order valence-corrected chi connectivity index (χ1v) is 9.06. The molecule has 8 heteroatoms. The Balaban J connectivity index is 1.74. The van der Waals surface area contributed by atoms with Gasteiger partial charge in [0.2, 0.25) is 5.91 Å². The number of aryl methyl sites for hydroxylation is 1. The molecule has 1 N–H and O–H groups in total. The lowest BCUT2D eigenvalue weighted by Gasteiger charge is -2.07. The molecule has 0 bridgehead atoms. The Hall–Kier alpha value is -2.61. The molecule has 1 heterocycles. The first-order valence-electron chi connectivity index (χ1n) is 8.24. The van der Waals surface area contributed by atoms with Crippen molar-refractivity contribution in [3.8, 4) is 11.5 Å². The Labute approximate surface area is 156 Å². The summed E-state index contributed by atoms with van der Waals surface area (Å²) >= 11 is 1.11. The maximum absolute atomic E-state index is 12.0. The number of hydrogen-bond acceptors (Lipinski definition) is 7. The van der Waals surface area contributed by atoms with E-state index in [0.717, 1.165) is 22.8 Å². The SMILES string of the molecule is CCOC(=O)c1sc(NC(=O)CCCOc2ccc(OC)cc2)nc1C. The summed E-state index contributed by atoms with van der Waals surface area (Å²) in [7, 11) is 1.61. The molecule has 140 valence electrons. The fraction of sp³-hybridized carbons (Fsp3) is 0.389. The van der Waals surface area contributed by atoms with Gasteiger partial charge in [-0.1, -0.05) is 11.3 Å². The number of carbonyl (C=O) groups excluding carboxylic acids is 2. The van der Waals surface area contributed by atoms with E-state index in [9.17, 15) is 9.59 Å². The molecule has 0 aliphatic carbocycles. The second-order valence-electron chi connectivity index (χ2n) is 5.33. The Morgan fingerprint density at radius 3 is 2.54 bits per heavy atom. The van der Waals surface area contributed by atoms with Crippen molar-refractivity contribution in [2.45, 2.75) is 26.7 Å². The van der Waals surface area contributed by atoms with Crippen molar-refractivity contribution in [3.05, 3.63) is 34.8 Å². The molecule has 0 aliphatic heterocycles. The number of amides is 1. The fourth-order valence-electron chi connectivity index (χ4n) is 2.11. The van der Waals surface area contributed by atoms with Crippen LogP contribution in [0.2, 0.25) is 0 Å². The summed E-state index contributed by atoms with van der Waals surface area (Å²) in [6.45, 7) is 4.17. The first-order chi connectivity index (χ1) is 12.5. The van der Waals surface area contributed by atoms with Gasteiger partial charge in [0.1, 0.15) is 16.4 Å². The highest BCUT2D eigenvalue weighted by Crippen LogP contribution is 2.23. The predicted octanol–water partition coefficient (Wildman–Crippen LogP) is 3.43. The average Bonchev–Trinajstić information content (AvgIpc) is 2.99. The van der Waals surface area contributed by atoms with Crippen LogP contribution in [0.5, 0.6) is 11.5 Å². The number of thiazole rings is 1. The van der Waals surface area contributed by atoms with Crippen molar-refractivity contribution in [3.63, 3.8) is 0 Å². The molecule has 2 aromatic rings. The number of carbonyl (C=O) groups is 2. The number of ether oxygens (including phenoxy) is 3. The lowest BCUT2D eigenvalue weighted by atomic mass is 10.3. The van der Waals surface area contributed by atoms with E-state index in [1.807, 2.05) is 24.3 Å². The maximum atomic E-state index is 12.0. The molecule has 1 amide bonds. The molecule has 0 atom stereocenters. The van der Waals surface area contributed by atoms with Crippen LogP contribution in [0.3, 0.4) is 0 Å². The van der Waals surface area contributed by atoms with Crippen LogP contribution in [-0.2, 0) is 9.53 Å². The number of rotatable bonds is 9. The summed E-state index contributed by atoms with van der Waals surface area (Å²) < 4.78 is 15.6. The number of hydrogen-bond donors (Lipinski definition) is 1. The molecule has 0 unspecified atom stereocenters. The van der Waals surface area contributed by atoms with Gasteiger partial charge in [0, 0.05) is 6.42 Å². The summed E-state index contributed by atoms with van der Waals surface area (Å²) in [6, 6.07) is 7.25. The third kappa shape index (κ3) is 5.73. The second kappa shape index (κ2) is 9.76. The van der Waals surface area contributed by atoms with E-state index in [2.05, 4.69) is 10.3 Å². The molecule has 0 aliphatic rings. The van der Waals surface area contributed by atoms with Gasteiger partial charge < -0.3 is 19.5 Å². The number of nitrogens with zero attached hydrogens (tertiary/aromatic N) is 1. The van der Waals surface area contributed by atoms with Gasteiger partial charge in [-0.25, -0.2) is 9.78 Å². The van der Waals surface area contributed by atoms with Crippen LogP contribution >= 0.6 is 11.3 Å². The largest absolute Gasteiger partial charge is 0.497 e. The topological polar surface area (TPSA) is 86.8 Å². The predicted molar refractivity (Wildman–Crippen MR) is 99.2 cm³/mol. The number of nitrogens with one attached hydrogen (secondary N) is 1. The van der Waals surface area contributed by atoms with Crippen molar-refractivity contribution in [1.82, 2.24) is 4.98 Å². The van der Waals surface area contributed by atoms with Crippen molar-refractivity contribution >= 4 is 28.3 Å². The molecule has 2 rings (SSSR count). The van der Waals surface area contributed by atoms with Crippen LogP contribution in [0, 0.1) is 6.92 Å².